The average Bonchev–Trinajstić information content (AvgIpc) is 3.16. The Hall–Kier alpha value is -1.17. The van der Waals surface area contributed by atoms with Gasteiger partial charge in [-0.1, -0.05) is 0 Å². The lowest BCUT2D eigenvalue weighted by Gasteiger charge is -2.31. The van der Waals surface area contributed by atoms with Crippen molar-refractivity contribution in [2.24, 2.45) is 5.73 Å². The van der Waals surface area contributed by atoms with E-state index in [2.05, 4.69) is 0 Å². The fraction of sp³-hybridized carbons (Fsp3) is 0.615. The maximum atomic E-state index is 14.1. The van der Waals surface area contributed by atoms with Gasteiger partial charge in [0.15, 0.2) is 5.82 Å². The lowest BCUT2D eigenvalue weighted by Crippen LogP contribution is -2.37. The number of nitriles is 1. The van der Waals surface area contributed by atoms with Crippen LogP contribution in [0.5, 0.6) is 0 Å². The summed E-state index contributed by atoms with van der Waals surface area (Å²) in [5, 5.41) is 10.0. The molecular weight excluding hydrogens is 306 g/mol. The van der Waals surface area contributed by atoms with Crippen LogP contribution in [0.1, 0.15) is 35.7 Å². The number of hydrogen-bond acceptors (Lipinski definition) is 4. The molecule has 0 spiro atoms. The Morgan fingerprint density at radius 2 is 2.14 bits per heavy atom. The summed E-state index contributed by atoms with van der Waals surface area (Å²) in [6.07, 6.45) is -3.94. The molecule has 2 N–H and O–H groups in total. The maximum absolute atomic E-state index is 14.1. The number of rotatable bonds is 6. The van der Waals surface area contributed by atoms with Crippen molar-refractivity contribution in [2.45, 2.75) is 37.5 Å². The van der Waals surface area contributed by atoms with Gasteiger partial charge < -0.3 is 5.73 Å². The van der Waals surface area contributed by atoms with Crippen LogP contribution < -0.4 is 5.73 Å². The lowest BCUT2D eigenvalue weighted by atomic mass is 10.1. The third-order valence-electron chi connectivity index (χ3n) is 3.41. The van der Waals surface area contributed by atoms with E-state index in [9.17, 15) is 17.6 Å². The fourth-order valence-electron chi connectivity index (χ4n) is 2.39. The van der Waals surface area contributed by atoms with Crippen LogP contribution in [-0.2, 0) is 0 Å². The Labute approximate surface area is 124 Å². The average molecular weight is 321 g/mol. The highest BCUT2D eigenvalue weighted by molar-refractivity contribution is 7.10. The number of hydrogen-bond donors (Lipinski definition) is 1. The van der Waals surface area contributed by atoms with Crippen LogP contribution in [0.25, 0.3) is 0 Å². The highest BCUT2D eigenvalue weighted by atomic mass is 32.1. The molecule has 0 aliphatic heterocycles. The van der Waals surface area contributed by atoms with Crippen molar-refractivity contribution >= 4 is 11.3 Å². The SMILES string of the molecule is N#Cc1csc(C(CC(F)(F)F)N(CCN)C2CC2)c1F. The van der Waals surface area contributed by atoms with Crippen molar-refractivity contribution in [1.82, 2.24) is 4.90 Å². The van der Waals surface area contributed by atoms with Crippen molar-refractivity contribution in [3.05, 3.63) is 21.6 Å². The van der Waals surface area contributed by atoms with Gasteiger partial charge in [-0.2, -0.15) is 18.4 Å². The van der Waals surface area contributed by atoms with E-state index in [0.29, 0.717) is 0 Å². The third-order valence-corrected chi connectivity index (χ3v) is 4.47. The molecule has 1 atom stereocenters. The molecule has 1 aliphatic carbocycles. The predicted octanol–water partition coefficient (Wildman–Crippen LogP) is 3.18. The molecule has 116 valence electrons. The first-order chi connectivity index (χ1) is 9.87. The Bertz CT molecular complexity index is 530. The van der Waals surface area contributed by atoms with Gasteiger partial charge in [-0.25, -0.2) is 4.39 Å². The molecule has 0 aromatic carbocycles. The van der Waals surface area contributed by atoms with E-state index in [1.165, 1.54) is 5.38 Å². The molecule has 0 amide bonds. The zero-order valence-corrected chi connectivity index (χ0v) is 12.0. The zero-order chi connectivity index (χ0) is 15.6. The van der Waals surface area contributed by atoms with Gasteiger partial charge in [0.2, 0.25) is 0 Å². The molecule has 0 bridgehead atoms. The molecule has 21 heavy (non-hydrogen) atoms. The Kier molecular flexibility index (Phi) is 4.86. The predicted molar refractivity (Wildman–Crippen MR) is 71.2 cm³/mol. The molecule has 2 rings (SSSR count). The van der Waals surface area contributed by atoms with Crippen molar-refractivity contribution in [1.29, 1.82) is 5.26 Å². The highest BCUT2D eigenvalue weighted by Crippen LogP contribution is 2.42. The van der Waals surface area contributed by atoms with Crippen molar-refractivity contribution in [3.63, 3.8) is 0 Å². The topological polar surface area (TPSA) is 53.0 Å². The van der Waals surface area contributed by atoms with Crippen molar-refractivity contribution < 1.29 is 17.6 Å². The third kappa shape index (κ3) is 3.93. The van der Waals surface area contributed by atoms with Crippen molar-refractivity contribution in [2.75, 3.05) is 13.1 Å². The number of thiophene rings is 1. The second-order valence-corrected chi connectivity index (χ2v) is 5.94. The Morgan fingerprint density at radius 3 is 2.57 bits per heavy atom. The summed E-state index contributed by atoms with van der Waals surface area (Å²) >= 11 is 0.869. The quantitative estimate of drug-likeness (QED) is 0.819. The summed E-state index contributed by atoms with van der Waals surface area (Å²) in [5.74, 6) is -0.834. The second kappa shape index (κ2) is 6.30. The molecule has 3 nitrogen and oxygen atoms in total. The van der Waals surface area contributed by atoms with Crippen LogP contribution in [0.4, 0.5) is 17.6 Å². The first-order valence-electron chi connectivity index (χ1n) is 6.57. The van der Waals surface area contributed by atoms with E-state index in [1.54, 1.807) is 11.0 Å². The summed E-state index contributed by atoms with van der Waals surface area (Å²) in [5.41, 5.74) is 5.28. The standard InChI is InChI=1S/C13H15F4N3S/c14-11-8(6-19)7-21-12(11)10(5-13(15,16)17)20(4-3-18)9-1-2-9/h7,9-10H,1-5,18H2. The number of halogens is 4. The van der Waals surface area contributed by atoms with Gasteiger partial charge in [0.05, 0.1) is 22.9 Å². The van der Waals surface area contributed by atoms with Crippen LogP contribution in [0.15, 0.2) is 5.38 Å². The minimum absolute atomic E-state index is 0.0212. The monoisotopic (exact) mass is 321 g/mol. The van der Waals surface area contributed by atoms with Crippen LogP contribution in [0.3, 0.4) is 0 Å². The van der Waals surface area contributed by atoms with Gasteiger partial charge in [0, 0.05) is 24.5 Å². The van der Waals surface area contributed by atoms with E-state index < -0.39 is 24.5 Å². The van der Waals surface area contributed by atoms with Crippen molar-refractivity contribution in [3.8, 4) is 6.07 Å². The Balaban J connectivity index is 2.34. The van der Waals surface area contributed by atoms with Gasteiger partial charge in [-0.3, -0.25) is 4.90 Å². The Morgan fingerprint density at radius 1 is 1.48 bits per heavy atom. The maximum Gasteiger partial charge on any atom is 0.390 e. The normalized spacial score (nSPS) is 17.0. The fourth-order valence-corrected chi connectivity index (χ4v) is 3.38. The summed E-state index contributed by atoms with van der Waals surface area (Å²) in [6.45, 7) is 0.494. The smallest absolute Gasteiger partial charge is 0.329 e. The minimum atomic E-state index is -4.41. The first kappa shape index (κ1) is 16.2. The van der Waals surface area contributed by atoms with E-state index >= 15 is 0 Å². The number of nitrogens with zero attached hydrogens (tertiary/aromatic N) is 2. The number of nitrogens with two attached hydrogens (primary N) is 1. The van der Waals surface area contributed by atoms with Gasteiger partial charge >= 0.3 is 6.18 Å². The molecule has 1 aliphatic rings. The highest BCUT2D eigenvalue weighted by Gasteiger charge is 2.42. The lowest BCUT2D eigenvalue weighted by molar-refractivity contribution is -0.148. The van der Waals surface area contributed by atoms with Crippen LogP contribution in [0, 0.1) is 17.1 Å². The summed E-state index contributed by atoms with van der Waals surface area (Å²) < 4.78 is 52.7. The van der Waals surface area contributed by atoms with E-state index in [1.807, 2.05) is 0 Å². The molecule has 1 saturated carbocycles. The molecule has 1 fully saturated rings. The molecule has 1 heterocycles. The summed E-state index contributed by atoms with van der Waals surface area (Å²) in [6, 6.07) is 0.578. The van der Waals surface area contributed by atoms with E-state index in [-0.39, 0.29) is 29.6 Å². The van der Waals surface area contributed by atoms with Crippen LogP contribution in [-0.4, -0.2) is 30.2 Å². The van der Waals surface area contributed by atoms with E-state index in [0.717, 1.165) is 24.2 Å². The van der Waals surface area contributed by atoms with Crippen LogP contribution >= 0.6 is 11.3 Å². The summed E-state index contributed by atoms with van der Waals surface area (Å²) in [7, 11) is 0. The largest absolute Gasteiger partial charge is 0.390 e. The molecule has 0 radical (unpaired) electrons. The molecule has 1 unspecified atom stereocenters. The molecule has 8 heteroatoms. The van der Waals surface area contributed by atoms with E-state index in [4.69, 9.17) is 11.0 Å². The first-order valence-corrected chi connectivity index (χ1v) is 7.45. The molecule has 0 saturated heterocycles. The second-order valence-electron chi connectivity index (χ2n) is 5.03. The van der Waals surface area contributed by atoms with Gasteiger partial charge in [-0.05, 0) is 12.8 Å². The van der Waals surface area contributed by atoms with Gasteiger partial charge in [0.1, 0.15) is 6.07 Å². The van der Waals surface area contributed by atoms with Gasteiger partial charge in [0.25, 0.3) is 0 Å². The molecular formula is C13H15F4N3S. The van der Waals surface area contributed by atoms with Crippen LogP contribution in [0.2, 0.25) is 0 Å². The zero-order valence-electron chi connectivity index (χ0n) is 11.2. The summed E-state index contributed by atoms with van der Waals surface area (Å²) in [4.78, 5) is 1.60. The molecule has 1 aromatic heterocycles. The van der Waals surface area contributed by atoms with Gasteiger partial charge in [-0.15, -0.1) is 11.3 Å². The molecule has 1 aromatic rings. The minimum Gasteiger partial charge on any atom is -0.329 e. The number of alkyl halides is 3.